The third-order valence-electron chi connectivity index (χ3n) is 3.07. The molecule has 2 aromatic rings. The molecule has 0 saturated heterocycles. The van der Waals surface area contributed by atoms with Crippen molar-refractivity contribution in [3.8, 4) is 23.4 Å². The Morgan fingerprint density at radius 1 is 0.913 bits per heavy atom. The van der Waals surface area contributed by atoms with E-state index in [4.69, 9.17) is 30.5 Å². The van der Waals surface area contributed by atoms with Crippen LogP contribution >= 0.6 is 11.6 Å². The predicted octanol–water partition coefficient (Wildman–Crippen LogP) is 2.40. The number of hydrogen-bond acceptors (Lipinski definition) is 7. The topological polar surface area (TPSA) is 79.8 Å². The smallest absolute Gasteiger partial charge is 0.320 e. The minimum Gasteiger partial charge on any atom is -0.496 e. The molecule has 8 heteroatoms. The molecule has 0 aliphatic rings. The first kappa shape index (κ1) is 16.8. The minimum atomic E-state index is -0.483. The van der Waals surface area contributed by atoms with Gasteiger partial charge in [0.15, 0.2) is 5.15 Å². The van der Waals surface area contributed by atoms with Crippen molar-refractivity contribution >= 4 is 17.4 Å². The molecule has 0 radical (unpaired) electrons. The van der Waals surface area contributed by atoms with Crippen LogP contribution in [0.15, 0.2) is 18.2 Å². The highest BCUT2D eigenvalue weighted by Crippen LogP contribution is 2.35. The predicted molar refractivity (Wildman–Crippen MR) is 83.1 cm³/mol. The number of halogens is 1. The number of rotatable bonds is 6. The molecule has 1 aromatic carbocycles. The molecule has 2 rings (SSSR count). The SMILES string of the molecule is COc1nc(Cl)c(C(=O)c2c(OC)cccc2OC)c(OC)n1. The van der Waals surface area contributed by atoms with Gasteiger partial charge in [0.2, 0.25) is 11.7 Å². The van der Waals surface area contributed by atoms with Crippen LogP contribution < -0.4 is 18.9 Å². The Hall–Kier alpha value is -2.54. The maximum Gasteiger partial charge on any atom is 0.320 e. The van der Waals surface area contributed by atoms with Gasteiger partial charge in [0.1, 0.15) is 22.6 Å². The Bertz CT molecular complexity index is 714. The van der Waals surface area contributed by atoms with Gasteiger partial charge in [-0.1, -0.05) is 17.7 Å². The van der Waals surface area contributed by atoms with Crippen molar-refractivity contribution < 1.29 is 23.7 Å². The van der Waals surface area contributed by atoms with E-state index >= 15 is 0 Å². The van der Waals surface area contributed by atoms with Crippen molar-refractivity contribution in [3.63, 3.8) is 0 Å². The van der Waals surface area contributed by atoms with Crippen LogP contribution in [0.1, 0.15) is 15.9 Å². The van der Waals surface area contributed by atoms with Crippen molar-refractivity contribution in [1.82, 2.24) is 9.97 Å². The molecular weight excluding hydrogens is 324 g/mol. The van der Waals surface area contributed by atoms with E-state index in [9.17, 15) is 4.79 Å². The fourth-order valence-corrected chi connectivity index (χ4v) is 2.26. The van der Waals surface area contributed by atoms with Gasteiger partial charge in [0.05, 0.1) is 28.4 Å². The molecule has 0 bridgehead atoms. The molecule has 0 N–H and O–H groups in total. The lowest BCUT2D eigenvalue weighted by Gasteiger charge is -2.14. The van der Waals surface area contributed by atoms with Gasteiger partial charge in [-0.05, 0) is 12.1 Å². The number of methoxy groups -OCH3 is 4. The molecule has 0 fully saturated rings. The number of nitrogens with zero attached hydrogens (tertiary/aromatic N) is 2. The van der Waals surface area contributed by atoms with Gasteiger partial charge in [-0.2, -0.15) is 9.97 Å². The third-order valence-corrected chi connectivity index (χ3v) is 3.34. The first-order valence-electron chi connectivity index (χ1n) is 6.48. The summed E-state index contributed by atoms with van der Waals surface area (Å²) >= 11 is 6.11. The normalized spacial score (nSPS) is 10.1. The third kappa shape index (κ3) is 3.14. The van der Waals surface area contributed by atoms with Gasteiger partial charge in [-0.3, -0.25) is 4.79 Å². The lowest BCUT2D eigenvalue weighted by atomic mass is 10.0. The Balaban J connectivity index is 2.67. The van der Waals surface area contributed by atoms with Crippen LogP contribution in [0.4, 0.5) is 0 Å². The van der Waals surface area contributed by atoms with Crippen LogP contribution in [0, 0.1) is 0 Å². The van der Waals surface area contributed by atoms with Crippen molar-refractivity contribution in [2.75, 3.05) is 28.4 Å². The fraction of sp³-hybridized carbons (Fsp3) is 0.267. The summed E-state index contributed by atoms with van der Waals surface area (Å²) in [4.78, 5) is 20.9. The largest absolute Gasteiger partial charge is 0.496 e. The van der Waals surface area contributed by atoms with Gasteiger partial charge in [-0.15, -0.1) is 0 Å². The van der Waals surface area contributed by atoms with E-state index in [1.807, 2.05) is 0 Å². The molecule has 0 unspecified atom stereocenters. The molecule has 1 aromatic heterocycles. The standard InChI is InChI=1S/C15H15ClN2O5/c1-20-8-6-5-7-9(21-2)10(8)12(19)11-13(16)17-15(23-4)18-14(11)22-3/h5-7H,1-4H3. The quantitative estimate of drug-likeness (QED) is 0.591. The van der Waals surface area contributed by atoms with Gasteiger partial charge < -0.3 is 18.9 Å². The molecule has 122 valence electrons. The zero-order valence-electron chi connectivity index (χ0n) is 13.0. The second-order valence-corrected chi connectivity index (χ2v) is 4.61. The first-order valence-corrected chi connectivity index (χ1v) is 6.86. The molecule has 0 atom stereocenters. The van der Waals surface area contributed by atoms with Crippen LogP contribution in [0.25, 0.3) is 0 Å². The molecule has 0 aliphatic heterocycles. The number of ether oxygens (including phenoxy) is 4. The van der Waals surface area contributed by atoms with E-state index in [1.165, 1.54) is 28.4 Å². The zero-order valence-corrected chi connectivity index (χ0v) is 13.8. The average Bonchev–Trinajstić information content (AvgIpc) is 2.59. The Morgan fingerprint density at radius 3 is 2.00 bits per heavy atom. The Kier molecular flexibility index (Phi) is 5.23. The second-order valence-electron chi connectivity index (χ2n) is 4.25. The second kappa shape index (κ2) is 7.15. The summed E-state index contributed by atoms with van der Waals surface area (Å²) in [7, 11) is 5.66. The van der Waals surface area contributed by atoms with Crippen molar-refractivity contribution in [3.05, 3.63) is 34.5 Å². The first-order chi connectivity index (χ1) is 11.1. The molecule has 0 spiro atoms. The lowest BCUT2D eigenvalue weighted by molar-refractivity contribution is 0.102. The van der Waals surface area contributed by atoms with Crippen molar-refractivity contribution in [1.29, 1.82) is 0 Å². The number of carbonyl (C=O) groups excluding carboxylic acids is 1. The average molecular weight is 339 g/mol. The highest BCUT2D eigenvalue weighted by Gasteiger charge is 2.27. The molecule has 23 heavy (non-hydrogen) atoms. The molecule has 1 heterocycles. The summed E-state index contributed by atoms with van der Waals surface area (Å²) in [5.41, 5.74) is 0.198. The van der Waals surface area contributed by atoms with E-state index in [-0.39, 0.29) is 28.2 Å². The number of hydrogen-bond donors (Lipinski definition) is 0. The lowest BCUT2D eigenvalue weighted by Crippen LogP contribution is -2.11. The van der Waals surface area contributed by atoms with Gasteiger partial charge >= 0.3 is 6.01 Å². The van der Waals surface area contributed by atoms with Crippen LogP contribution in [-0.2, 0) is 0 Å². The van der Waals surface area contributed by atoms with E-state index in [0.29, 0.717) is 11.5 Å². The molecule has 7 nitrogen and oxygen atoms in total. The van der Waals surface area contributed by atoms with Crippen LogP contribution in [0.2, 0.25) is 5.15 Å². The van der Waals surface area contributed by atoms with Crippen molar-refractivity contribution in [2.24, 2.45) is 0 Å². The van der Waals surface area contributed by atoms with Crippen LogP contribution in [0.3, 0.4) is 0 Å². The number of ketones is 1. The molecule has 0 amide bonds. The fourth-order valence-electron chi connectivity index (χ4n) is 2.03. The minimum absolute atomic E-state index is 0.000177. The maximum absolute atomic E-state index is 13.0. The number of benzene rings is 1. The maximum atomic E-state index is 13.0. The van der Waals surface area contributed by atoms with Gasteiger partial charge in [-0.25, -0.2) is 0 Å². The van der Waals surface area contributed by atoms with Crippen LogP contribution in [-0.4, -0.2) is 44.2 Å². The Labute approximate surface area is 138 Å². The summed E-state index contributed by atoms with van der Waals surface area (Å²) in [6.07, 6.45) is 0. The highest BCUT2D eigenvalue weighted by atomic mass is 35.5. The molecular formula is C15H15ClN2O5. The molecule has 0 aliphatic carbocycles. The molecule has 0 saturated carbocycles. The van der Waals surface area contributed by atoms with Crippen LogP contribution in [0.5, 0.6) is 23.4 Å². The highest BCUT2D eigenvalue weighted by molar-refractivity contribution is 6.34. The van der Waals surface area contributed by atoms with Gasteiger partial charge in [0.25, 0.3) is 0 Å². The van der Waals surface area contributed by atoms with E-state index in [1.54, 1.807) is 18.2 Å². The van der Waals surface area contributed by atoms with Gasteiger partial charge in [0, 0.05) is 0 Å². The van der Waals surface area contributed by atoms with Crippen molar-refractivity contribution in [2.45, 2.75) is 0 Å². The monoisotopic (exact) mass is 338 g/mol. The number of carbonyl (C=O) groups is 1. The van der Waals surface area contributed by atoms with E-state index in [0.717, 1.165) is 0 Å². The van der Waals surface area contributed by atoms with E-state index < -0.39 is 5.78 Å². The summed E-state index contributed by atoms with van der Waals surface area (Å²) in [6, 6.07) is 4.98. The summed E-state index contributed by atoms with van der Waals surface area (Å²) in [5, 5.41) is -0.0911. The number of aromatic nitrogens is 2. The Morgan fingerprint density at radius 2 is 1.52 bits per heavy atom. The summed E-state index contributed by atoms with van der Waals surface area (Å²) in [6.45, 7) is 0. The zero-order chi connectivity index (χ0) is 17.0. The summed E-state index contributed by atoms with van der Waals surface area (Å²) < 4.78 is 20.5. The van der Waals surface area contributed by atoms with E-state index in [2.05, 4.69) is 9.97 Å². The summed E-state index contributed by atoms with van der Waals surface area (Å²) in [5.74, 6) is 0.190.